The highest BCUT2D eigenvalue weighted by atomic mass is 16.6. The number of carbonyl (C=O) groups is 3. The van der Waals surface area contributed by atoms with Crippen LogP contribution in [0, 0.1) is 20.8 Å². The number of benzene rings is 1. The van der Waals surface area contributed by atoms with Crippen molar-refractivity contribution in [2.24, 2.45) is 0 Å². The minimum Gasteiger partial charge on any atom is -0.464 e. The number of carbonyl (C=O) groups excluding carboxylic acids is 3. The number of amides is 1. The van der Waals surface area contributed by atoms with Crippen LogP contribution in [-0.4, -0.2) is 37.1 Å². The highest BCUT2D eigenvalue weighted by molar-refractivity contribution is 6.09. The lowest BCUT2D eigenvalue weighted by molar-refractivity contribution is -0.163. The Labute approximate surface area is 148 Å². The molecule has 1 aromatic carbocycles. The number of esters is 2. The molecule has 0 radical (unpaired) electrons. The molecule has 0 aliphatic carbocycles. The topological polar surface area (TPSA) is 81.7 Å². The average Bonchev–Trinajstić information content (AvgIpc) is 2.56. The minimum atomic E-state index is -2.01. The summed E-state index contributed by atoms with van der Waals surface area (Å²) in [6.07, 6.45) is 3.19. The summed E-state index contributed by atoms with van der Waals surface area (Å²) in [4.78, 5) is 35.8. The lowest BCUT2D eigenvalue weighted by Crippen LogP contribution is -2.58. The van der Waals surface area contributed by atoms with Gasteiger partial charge in [-0.25, -0.2) is 9.59 Å². The number of aryl methyl sites for hydroxylation is 2. The molecular formula is C19H25NO5. The van der Waals surface area contributed by atoms with E-state index in [0.29, 0.717) is 0 Å². The lowest BCUT2D eigenvalue weighted by atomic mass is 9.95. The van der Waals surface area contributed by atoms with Gasteiger partial charge >= 0.3 is 11.9 Å². The highest BCUT2D eigenvalue weighted by Crippen LogP contribution is 2.19. The number of rotatable bonds is 8. The van der Waals surface area contributed by atoms with Crippen LogP contribution >= 0.6 is 0 Å². The molecule has 1 N–H and O–H groups in total. The van der Waals surface area contributed by atoms with Gasteiger partial charge in [-0.15, -0.1) is 0 Å². The second-order valence-electron chi connectivity index (χ2n) is 5.62. The Morgan fingerprint density at radius 3 is 1.92 bits per heavy atom. The van der Waals surface area contributed by atoms with E-state index in [2.05, 4.69) is 5.32 Å². The largest absolute Gasteiger partial charge is 0.464 e. The normalized spacial score (nSPS) is 11.2. The minimum absolute atomic E-state index is 0.0666. The predicted octanol–water partition coefficient (Wildman–Crippen LogP) is 2.24. The van der Waals surface area contributed by atoms with Gasteiger partial charge < -0.3 is 14.8 Å². The van der Waals surface area contributed by atoms with Crippen LogP contribution in [0.25, 0.3) is 6.08 Å². The lowest BCUT2D eigenvalue weighted by Gasteiger charge is -2.25. The quantitative estimate of drug-likeness (QED) is 0.443. The zero-order valence-electron chi connectivity index (χ0n) is 15.3. The molecule has 0 fully saturated rings. The first-order valence-corrected chi connectivity index (χ1v) is 8.15. The molecule has 1 amide bonds. The fraction of sp³-hybridized carbons (Fsp3) is 0.421. The molecule has 0 unspecified atom stereocenters. The van der Waals surface area contributed by atoms with Crippen molar-refractivity contribution in [1.82, 2.24) is 5.32 Å². The van der Waals surface area contributed by atoms with Crippen LogP contribution < -0.4 is 5.32 Å². The van der Waals surface area contributed by atoms with Crippen molar-refractivity contribution in [3.63, 3.8) is 0 Å². The van der Waals surface area contributed by atoms with Crippen LogP contribution in [0.15, 0.2) is 18.2 Å². The predicted molar refractivity (Wildman–Crippen MR) is 94.9 cm³/mol. The van der Waals surface area contributed by atoms with Gasteiger partial charge in [-0.05, 0) is 62.9 Å². The smallest absolute Gasteiger partial charge is 0.347 e. The summed E-state index contributed by atoms with van der Waals surface area (Å²) in [6, 6.07) is 3.86. The van der Waals surface area contributed by atoms with E-state index in [1.165, 1.54) is 11.6 Å². The van der Waals surface area contributed by atoms with E-state index in [1.807, 2.05) is 32.9 Å². The van der Waals surface area contributed by atoms with Gasteiger partial charge in [0.1, 0.15) is 0 Å². The van der Waals surface area contributed by atoms with E-state index >= 15 is 0 Å². The maximum atomic E-state index is 12.4. The zero-order chi connectivity index (χ0) is 19.0. The van der Waals surface area contributed by atoms with Crippen molar-refractivity contribution in [3.8, 4) is 0 Å². The van der Waals surface area contributed by atoms with Gasteiger partial charge in [0.25, 0.3) is 5.54 Å². The van der Waals surface area contributed by atoms with Crippen molar-refractivity contribution >= 4 is 24.4 Å². The summed E-state index contributed by atoms with van der Waals surface area (Å²) in [5.74, 6) is -1.78. The summed E-state index contributed by atoms with van der Waals surface area (Å²) in [5, 5.41) is 2.26. The first-order valence-electron chi connectivity index (χ1n) is 8.15. The monoisotopic (exact) mass is 347 g/mol. The standard InChI is InChI=1S/C19H25NO5/c1-6-24-17(22)19(20-12-21,18(23)25-7-2)9-8-16-10-13(3)15(5)14(4)11-16/h8-12H,6-7H2,1-5H3,(H,20,21)/b9-8+. The third-order valence-corrected chi connectivity index (χ3v) is 3.96. The van der Waals surface area contributed by atoms with Gasteiger partial charge in [0.05, 0.1) is 13.2 Å². The molecular weight excluding hydrogens is 322 g/mol. The number of nitrogens with one attached hydrogen (secondary N) is 1. The fourth-order valence-electron chi connectivity index (χ4n) is 2.35. The first-order chi connectivity index (χ1) is 11.8. The molecule has 0 bridgehead atoms. The second kappa shape index (κ2) is 9.01. The van der Waals surface area contributed by atoms with Gasteiger partial charge in [0, 0.05) is 0 Å². The van der Waals surface area contributed by atoms with Gasteiger partial charge in [-0.3, -0.25) is 4.79 Å². The van der Waals surface area contributed by atoms with E-state index in [0.717, 1.165) is 16.7 Å². The molecule has 0 saturated carbocycles. The summed E-state index contributed by atoms with van der Waals surface area (Å²) >= 11 is 0. The molecule has 1 aromatic rings. The molecule has 0 saturated heterocycles. The Kier molecular flexibility index (Phi) is 7.36. The third-order valence-electron chi connectivity index (χ3n) is 3.96. The van der Waals surface area contributed by atoms with Crippen LogP contribution in [0.1, 0.15) is 36.1 Å². The van der Waals surface area contributed by atoms with Crippen LogP contribution in [-0.2, 0) is 23.9 Å². The van der Waals surface area contributed by atoms with E-state index in [-0.39, 0.29) is 19.6 Å². The van der Waals surface area contributed by atoms with Crippen molar-refractivity contribution in [2.45, 2.75) is 40.2 Å². The summed E-state index contributed by atoms with van der Waals surface area (Å²) in [7, 11) is 0. The van der Waals surface area contributed by atoms with Crippen LogP contribution in [0.2, 0.25) is 0 Å². The van der Waals surface area contributed by atoms with Crippen molar-refractivity contribution in [3.05, 3.63) is 40.5 Å². The van der Waals surface area contributed by atoms with Gasteiger partial charge in [0.2, 0.25) is 6.41 Å². The van der Waals surface area contributed by atoms with Crippen molar-refractivity contribution in [2.75, 3.05) is 13.2 Å². The third kappa shape index (κ3) is 4.68. The van der Waals surface area contributed by atoms with Crippen molar-refractivity contribution in [1.29, 1.82) is 0 Å². The molecule has 0 aromatic heterocycles. The summed E-state index contributed by atoms with van der Waals surface area (Å²) in [5.41, 5.74) is 2.12. The van der Waals surface area contributed by atoms with Gasteiger partial charge in [-0.1, -0.05) is 18.2 Å². The molecule has 0 spiro atoms. The fourth-order valence-corrected chi connectivity index (χ4v) is 2.35. The molecule has 0 heterocycles. The molecule has 1 rings (SSSR count). The summed E-state index contributed by atoms with van der Waals surface area (Å²) < 4.78 is 9.94. The Balaban J connectivity index is 3.37. The maximum Gasteiger partial charge on any atom is 0.347 e. The molecule has 136 valence electrons. The van der Waals surface area contributed by atoms with E-state index in [1.54, 1.807) is 19.9 Å². The molecule has 6 nitrogen and oxygen atoms in total. The van der Waals surface area contributed by atoms with Gasteiger partial charge in [0.15, 0.2) is 0 Å². The van der Waals surface area contributed by atoms with Gasteiger partial charge in [-0.2, -0.15) is 0 Å². The maximum absolute atomic E-state index is 12.4. The Morgan fingerprint density at radius 2 is 1.52 bits per heavy atom. The van der Waals surface area contributed by atoms with Crippen LogP contribution in [0.5, 0.6) is 0 Å². The molecule has 0 atom stereocenters. The molecule has 6 heteroatoms. The van der Waals surface area contributed by atoms with E-state index in [4.69, 9.17) is 9.47 Å². The van der Waals surface area contributed by atoms with E-state index in [9.17, 15) is 14.4 Å². The van der Waals surface area contributed by atoms with E-state index < -0.39 is 17.5 Å². The number of hydrogen-bond acceptors (Lipinski definition) is 5. The summed E-state index contributed by atoms with van der Waals surface area (Å²) in [6.45, 7) is 9.35. The second-order valence-corrected chi connectivity index (χ2v) is 5.62. The Hall–Kier alpha value is -2.63. The Bertz CT molecular complexity index is 637. The number of hydrogen-bond donors (Lipinski definition) is 1. The van der Waals surface area contributed by atoms with Crippen LogP contribution in [0.3, 0.4) is 0 Å². The average molecular weight is 347 g/mol. The Morgan fingerprint density at radius 1 is 1.04 bits per heavy atom. The molecule has 25 heavy (non-hydrogen) atoms. The van der Waals surface area contributed by atoms with Crippen molar-refractivity contribution < 1.29 is 23.9 Å². The highest BCUT2D eigenvalue weighted by Gasteiger charge is 2.47. The molecule has 0 aliphatic rings. The first kappa shape index (κ1) is 20.4. The van der Waals surface area contributed by atoms with Crippen LogP contribution in [0.4, 0.5) is 0 Å². The SMILES string of the molecule is CCOC(=O)C(/C=C/c1cc(C)c(C)c(C)c1)(NC=O)C(=O)OCC. The number of ether oxygens (including phenoxy) is 2. The molecule has 0 aliphatic heterocycles. The zero-order valence-corrected chi connectivity index (χ0v) is 15.3.